The summed E-state index contributed by atoms with van der Waals surface area (Å²) in [4.78, 5) is 0. The largest absolute Gasteiger partial charge is 0.321 e. The molecule has 1 fully saturated rings. The first-order valence-corrected chi connectivity index (χ1v) is 6.88. The Bertz CT molecular complexity index is 357. The van der Waals surface area contributed by atoms with E-state index in [-0.39, 0.29) is 5.54 Å². The van der Waals surface area contributed by atoms with Crippen LogP contribution in [0, 0.1) is 5.41 Å². The fourth-order valence-electron chi connectivity index (χ4n) is 3.02. The average Bonchev–Trinajstić information content (AvgIpc) is 2.25. The van der Waals surface area contributed by atoms with E-state index in [2.05, 4.69) is 54.0 Å². The molecule has 2 rings (SSSR count). The first-order valence-electron chi connectivity index (χ1n) is 6.08. The summed E-state index contributed by atoms with van der Waals surface area (Å²) >= 11 is 3.46. The summed E-state index contributed by atoms with van der Waals surface area (Å²) in [5.74, 6) is 0. The highest BCUT2D eigenvalue weighted by molar-refractivity contribution is 9.10. The molecule has 0 atom stereocenters. The van der Waals surface area contributed by atoms with E-state index in [0.717, 1.165) is 17.3 Å². The van der Waals surface area contributed by atoms with Crippen molar-refractivity contribution in [1.82, 2.24) is 0 Å². The third-order valence-corrected chi connectivity index (χ3v) is 4.83. The zero-order valence-electron chi connectivity index (χ0n) is 10.1. The SMILES string of the molecule is CCC1(CC)CC(N)(c2ccc(Br)cc2)C1. The van der Waals surface area contributed by atoms with Gasteiger partial charge in [-0.05, 0) is 36.0 Å². The molecule has 0 radical (unpaired) electrons. The zero-order chi connectivity index (χ0) is 11.8. The predicted molar refractivity (Wildman–Crippen MR) is 72.3 cm³/mol. The van der Waals surface area contributed by atoms with Crippen molar-refractivity contribution in [3.05, 3.63) is 34.3 Å². The van der Waals surface area contributed by atoms with Gasteiger partial charge in [-0.3, -0.25) is 0 Å². The summed E-state index contributed by atoms with van der Waals surface area (Å²) in [6, 6.07) is 8.47. The molecule has 0 heterocycles. The molecule has 0 unspecified atom stereocenters. The molecule has 16 heavy (non-hydrogen) atoms. The number of hydrogen-bond donors (Lipinski definition) is 1. The van der Waals surface area contributed by atoms with Gasteiger partial charge in [-0.2, -0.15) is 0 Å². The molecule has 0 bridgehead atoms. The molecule has 1 aromatic rings. The van der Waals surface area contributed by atoms with Crippen LogP contribution in [0.15, 0.2) is 28.7 Å². The highest BCUT2D eigenvalue weighted by Crippen LogP contribution is 2.56. The van der Waals surface area contributed by atoms with Gasteiger partial charge < -0.3 is 5.73 Å². The van der Waals surface area contributed by atoms with Crippen molar-refractivity contribution < 1.29 is 0 Å². The van der Waals surface area contributed by atoms with Crippen LogP contribution >= 0.6 is 15.9 Å². The highest BCUT2D eigenvalue weighted by Gasteiger charge is 2.50. The van der Waals surface area contributed by atoms with Crippen molar-refractivity contribution in [1.29, 1.82) is 0 Å². The van der Waals surface area contributed by atoms with Crippen molar-refractivity contribution >= 4 is 15.9 Å². The Morgan fingerprint density at radius 3 is 2.06 bits per heavy atom. The van der Waals surface area contributed by atoms with Gasteiger partial charge in [0.2, 0.25) is 0 Å². The molecule has 0 saturated heterocycles. The molecule has 88 valence electrons. The molecule has 1 aliphatic rings. The molecule has 0 amide bonds. The molecule has 2 heteroatoms. The number of rotatable bonds is 3. The molecular formula is C14H20BrN. The van der Waals surface area contributed by atoms with Crippen LogP contribution in [0.1, 0.15) is 45.1 Å². The number of nitrogens with two attached hydrogens (primary N) is 1. The Morgan fingerprint density at radius 2 is 1.62 bits per heavy atom. The monoisotopic (exact) mass is 281 g/mol. The Labute approximate surface area is 107 Å². The van der Waals surface area contributed by atoms with E-state index in [4.69, 9.17) is 5.73 Å². The number of benzene rings is 1. The van der Waals surface area contributed by atoms with E-state index in [1.54, 1.807) is 0 Å². The van der Waals surface area contributed by atoms with Crippen molar-refractivity contribution in [2.24, 2.45) is 11.1 Å². The van der Waals surface area contributed by atoms with Crippen molar-refractivity contribution in [2.45, 2.75) is 45.1 Å². The van der Waals surface area contributed by atoms with Gasteiger partial charge in [-0.15, -0.1) is 0 Å². The van der Waals surface area contributed by atoms with E-state index < -0.39 is 0 Å². The van der Waals surface area contributed by atoms with E-state index in [1.807, 2.05) is 0 Å². The molecule has 0 aliphatic heterocycles. The van der Waals surface area contributed by atoms with Crippen LogP contribution in [-0.4, -0.2) is 0 Å². The Hall–Kier alpha value is -0.340. The number of halogens is 1. The second-order valence-corrected chi connectivity index (χ2v) is 6.14. The maximum Gasteiger partial charge on any atom is 0.0420 e. The van der Waals surface area contributed by atoms with Crippen molar-refractivity contribution in [3.63, 3.8) is 0 Å². The average molecular weight is 282 g/mol. The topological polar surface area (TPSA) is 26.0 Å². The van der Waals surface area contributed by atoms with Crippen LogP contribution in [0.25, 0.3) is 0 Å². The minimum Gasteiger partial charge on any atom is -0.321 e. The van der Waals surface area contributed by atoms with E-state index in [0.29, 0.717) is 5.41 Å². The Balaban J connectivity index is 2.15. The highest BCUT2D eigenvalue weighted by atomic mass is 79.9. The third-order valence-electron chi connectivity index (χ3n) is 4.30. The van der Waals surface area contributed by atoms with Crippen LogP contribution in [0.4, 0.5) is 0 Å². The maximum absolute atomic E-state index is 6.49. The van der Waals surface area contributed by atoms with Crippen molar-refractivity contribution in [2.75, 3.05) is 0 Å². The van der Waals surface area contributed by atoms with Gasteiger partial charge in [0.1, 0.15) is 0 Å². The van der Waals surface area contributed by atoms with E-state index in [1.165, 1.54) is 18.4 Å². The first-order chi connectivity index (χ1) is 7.53. The molecular weight excluding hydrogens is 262 g/mol. The second kappa shape index (κ2) is 4.15. The molecule has 1 saturated carbocycles. The summed E-state index contributed by atoms with van der Waals surface area (Å²) in [5.41, 5.74) is 8.20. The summed E-state index contributed by atoms with van der Waals surface area (Å²) in [5, 5.41) is 0. The maximum atomic E-state index is 6.49. The number of hydrogen-bond acceptors (Lipinski definition) is 1. The van der Waals surface area contributed by atoms with Crippen LogP contribution in [0.3, 0.4) is 0 Å². The van der Waals surface area contributed by atoms with Gasteiger partial charge in [0.25, 0.3) is 0 Å². The fraction of sp³-hybridized carbons (Fsp3) is 0.571. The normalized spacial score (nSPS) is 21.5. The predicted octanol–water partition coefficient (Wildman–Crippen LogP) is 4.20. The summed E-state index contributed by atoms with van der Waals surface area (Å²) in [7, 11) is 0. The third kappa shape index (κ3) is 1.93. The molecule has 1 aliphatic carbocycles. The van der Waals surface area contributed by atoms with Crippen LogP contribution in [-0.2, 0) is 5.54 Å². The van der Waals surface area contributed by atoms with Gasteiger partial charge in [0.05, 0.1) is 0 Å². The lowest BCUT2D eigenvalue weighted by molar-refractivity contribution is 0.0166. The second-order valence-electron chi connectivity index (χ2n) is 5.22. The quantitative estimate of drug-likeness (QED) is 0.883. The van der Waals surface area contributed by atoms with Gasteiger partial charge in [0, 0.05) is 10.0 Å². The lowest BCUT2D eigenvalue weighted by Gasteiger charge is -2.54. The molecule has 0 aromatic heterocycles. The Kier molecular flexibility index (Phi) is 3.15. The van der Waals surface area contributed by atoms with E-state index >= 15 is 0 Å². The minimum absolute atomic E-state index is 0.0767. The van der Waals surface area contributed by atoms with Gasteiger partial charge >= 0.3 is 0 Å². The minimum atomic E-state index is -0.0767. The lowest BCUT2D eigenvalue weighted by Crippen LogP contribution is -2.55. The van der Waals surface area contributed by atoms with Crippen molar-refractivity contribution in [3.8, 4) is 0 Å². The van der Waals surface area contributed by atoms with Crippen LogP contribution < -0.4 is 5.73 Å². The first kappa shape index (κ1) is 12.1. The summed E-state index contributed by atoms with van der Waals surface area (Å²) in [6.45, 7) is 4.56. The zero-order valence-corrected chi connectivity index (χ0v) is 11.7. The smallest absolute Gasteiger partial charge is 0.0420 e. The standard InChI is InChI=1S/C14H20BrN/c1-3-13(4-2)9-14(16,10-13)11-5-7-12(15)8-6-11/h5-8H,3-4,9-10,16H2,1-2H3. The molecule has 2 N–H and O–H groups in total. The lowest BCUT2D eigenvalue weighted by atomic mass is 9.53. The molecule has 0 spiro atoms. The fourth-order valence-corrected chi connectivity index (χ4v) is 3.29. The van der Waals surface area contributed by atoms with Gasteiger partial charge in [-0.25, -0.2) is 0 Å². The van der Waals surface area contributed by atoms with Crippen LogP contribution in [0.5, 0.6) is 0 Å². The molecule has 1 aromatic carbocycles. The Morgan fingerprint density at radius 1 is 1.12 bits per heavy atom. The summed E-state index contributed by atoms with van der Waals surface area (Å²) < 4.78 is 1.12. The van der Waals surface area contributed by atoms with Crippen LogP contribution in [0.2, 0.25) is 0 Å². The summed E-state index contributed by atoms with van der Waals surface area (Å²) in [6.07, 6.45) is 4.77. The van der Waals surface area contributed by atoms with E-state index in [9.17, 15) is 0 Å². The van der Waals surface area contributed by atoms with Gasteiger partial charge in [-0.1, -0.05) is 54.8 Å². The molecule has 1 nitrogen and oxygen atoms in total. The van der Waals surface area contributed by atoms with Gasteiger partial charge in [0.15, 0.2) is 0 Å².